The van der Waals surface area contributed by atoms with Crippen LogP contribution in [-0.4, -0.2) is 26.2 Å². The van der Waals surface area contributed by atoms with Crippen molar-refractivity contribution in [3.8, 4) is 5.75 Å². The minimum absolute atomic E-state index is 0.132. The van der Waals surface area contributed by atoms with E-state index in [1.165, 1.54) is 19.2 Å². The maximum atomic E-state index is 13.4. The molecule has 0 aliphatic heterocycles. The van der Waals surface area contributed by atoms with E-state index in [4.69, 9.17) is 10.5 Å². The molecular formula is C12H17FN2O3. The number of rotatable bonds is 6. The number of nitrogens with one attached hydrogen (secondary N) is 1. The molecule has 0 aliphatic carbocycles. The van der Waals surface area contributed by atoms with Crippen LogP contribution in [0, 0.1) is 5.82 Å². The lowest BCUT2D eigenvalue weighted by atomic mass is 10.2. The van der Waals surface area contributed by atoms with Crippen molar-refractivity contribution in [2.24, 2.45) is 0 Å². The highest BCUT2D eigenvalue weighted by Gasteiger charge is 2.09. The Morgan fingerprint density at radius 3 is 2.83 bits per heavy atom. The average Bonchev–Trinajstić information content (AvgIpc) is 2.34. The first-order valence-electron chi connectivity index (χ1n) is 5.61. The molecule has 1 aromatic rings. The molecular weight excluding hydrogens is 239 g/mol. The number of esters is 1. The lowest BCUT2D eigenvalue weighted by molar-refractivity contribution is -0.140. The molecule has 1 aromatic carbocycles. The van der Waals surface area contributed by atoms with Crippen molar-refractivity contribution in [3.05, 3.63) is 17.9 Å². The topological polar surface area (TPSA) is 73.6 Å². The molecule has 0 saturated heterocycles. The summed E-state index contributed by atoms with van der Waals surface area (Å²) in [5, 5.41) is 2.93. The zero-order valence-corrected chi connectivity index (χ0v) is 10.5. The Hall–Kier alpha value is -1.98. The van der Waals surface area contributed by atoms with Gasteiger partial charge in [0.2, 0.25) is 0 Å². The molecule has 3 N–H and O–H groups in total. The fourth-order valence-electron chi connectivity index (χ4n) is 1.39. The second-order valence-electron chi connectivity index (χ2n) is 3.56. The molecule has 0 amide bonds. The van der Waals surface area contributed by atoms with E-state index in [0.29, 0.717) is 18.8 Å². The highest BCUT2D eigenvalue weighted by atomic mass is 19.1. The molecule has 1 rings (SSSR count). The van der Waals surface area contributed by atoms with Gasteiger partial charge >= 0.3 is 5.97 Å². The molecule has 0 aromatic heterocycles. The van der Waals surface area contributed by atoms with Gasteiger partial charge in [-0.15, -0.1) is 0 Å². The van der Waals surface area contributed by atoms with Gasteiger partial charge in [-0.3, -0.25) is 4.79 Å². The highest BCUT2D eigenvalue weighted by molar-refractivity contribution is 5.72. The van der Waals surface area contributed by atoms with Crippen LogP contribution in [0.3, 0.4) is 0 Å². The molecule has 0 radical (unpaired) electrons. The molecule has 100 valence electrons. The zero-order chi connectivity index (χ0) is 13.5. The van der Waals surface area contributed by atoms with Gasteiger partial charge in [0.25, 0.3) is 0 Å². The number of carbonyl (C=O) groups excluding carboxylic acids is 1. The first kappa shape index (κ1) is 14.1. The van der Waals surface area contributed by atoms with E-state index < -0.39 is 5.82 Å². The number of ether oxygens (including phenoxy) is 2. The Morgan fingerprint density at radius 2 is 2.22 bits per heavy atom. The SMILES string of the molecule is CCOc1cc(NCCC(=O)OC)c(N)cc1F. The first-order valence-corrected chi connectivity index (χ1v) is 5.61. The second-order valence-corrected chi connectivity index (χ2v) is 3.56. The van der Waals surface area contributed by atoms with Gasteiger partial charge < -0.3 is 20.5 Å². The van der Waals surface area contributed by atoms with Crippen molar-refractivity contribution in [2.75, 3.05) is 31.3 Å². The van der Waals surface area contributed by atoms with Crippen LogP contribution in [0.15, 0.2) is 12.1 Å². The number of halogens is 1. The summed E-state index contributed by atoms with van der Waals surface area (Å²) in [5.41, 5.74) is 6.46. The van der Waals surface area contributed by atoms with Crippen LogP contribution in [0.5, 0.6) is 5.75 Å². The lowest BCUT2D eigenvalue weighted by Crippen LogP contribution is -2.11. The standard InChI is InChI=1S/C12H17FN2O3/c1-3-18-11-7-10(9(14)6-8(11)13)15-5-4-12(16)17-2/h6-7,15H,3-5,14H2,1-2H3. The van der Waals surface area contributed by atoms with Crippen molar-refractivity contribution < 1.29 is 18.7 Å². The summed E-state index contributed by atoms with van der Waals surface area (Å²) < 4.78 is 23.0. The third-order valence-corrected chi connectivity index (χ3v) is 2.28. The highest BCUT2D eigenvalue weighted by Crippen LogP contribution is 2.28. The molecule has 5 nitrogen and oxygen atoms in total. The summed E-state index contributed by atoms with van der Waals surface area (Å²) in [6.45, 7) is 2.48. The van der Waals surface area contributed by atoms with Gasteiger partial charge in [-0.25, -0.2) is 4.39 Å². The normalized spacial score (nSPS) is 9.94. The number of carbonyl (C=O) groups is 1. The van der Waals surface area contributed by atoms with Crippen molar-refractivity contribution in [1.82, 2.24) is 0 Å². The Morgan fingerprint density at radius 1 is 1.50 bits per heavy atom. The van der Waals surface area contributed by atoms with Crippen LogP contribution in [0.1, 0.15) is 13.3 Å². The number of nitrogens with two attached hydrogens (primary N) is 1. The van der Waals surface area contributed by atoms with Gasteiger partial charge in [0, 0.05) is 18.7 Å². The van der Waals surface area contributed by atoms with Gasteiger partial charge in [-0.1, -0.05) is 0 Å². The van der Waals surface area contributed by atoms with Gasteiger partial charge in [-0.2, -0.15) is 0 Å². The molecule has 0 fully saturated rings. The predicted octanol–water partition coefficient (Wildman–Crippen LogP) is 1.78. The molecule has 0 atom stereocenters. The number of anilines is 2. The molecule has 0 heterocycles. The van der Waals surface area contributed by atoms with E-state index in [1.807, 2.05) is 0 Å². The smallest absolute Gasteiger partial charge is 0.307 e. The summed E-state index contributed by atoms with van der Waals surface area (Å²) in [7, 11) is 1.32. The van der Waals surface area contributed by atoms with Crippen molar-refractivity contribution in [2.45, 2.75) is 13.3 Å². The molecule has 0 unspecified atom stereocenters. The van der Waals surface area contributed by atoms with Crippen LogP contribution < -0.4 is 15.8 Å². The number of benzene rings is 1. The van der Waals surface area contributed by atoms with Gasteiger partial charge in [0.1, 0.15) is 0 Å². The number of methoxy groups -OCH3 is 1. The van der Waals surface area contributed by atoms with Crippen LogP contribution in [0.25, 0.3) is 0 Å². The lowest BCUT2D eigenvalue weighted by Gasteiger charge is -2.12. The molecule has 0 saturated carbocycles. The van der Waals surface area contributed by atoms with E-state index in [1.54, 1.807) is 6.92 Å². The van der Waals surface area contributed by atoms with Crippen LogP contribution in [0.2, 0.25) is 0 Å². The van der Waals surface area contributed by atoms with Crippen LogP contribution >= 0.6 is 0 Å². The Balaban J connectivity index is 2.69. The second kappa shape index (κ2) is 6.68. The molecule has 0 spiro atoms. The predicted molar refractivity (Wildman–Crippen MR) is 67.1 cm³/mol. The average molecular weight is 256 g/mol. The van der Waals surface area contributed by atoms with E-state index >= 15 is 0 Å². The van der Waals surface area contributed by atoms with Crippen LogP contribution in [-0.2, 0) is 9.53 Å². The van der Waals surface area contributed by atoms with Crippen LogP contribution in [0.4, 0.5) is 15.8 Å². The fourth-order valence-corrected chi connectivity index (χ4v) is 1.39. The van der Waals surface area contributed by atoms with Gasteiger partial charge in [0.05, 0.1) is 31.5 Å². The van der Waals surface area contributed by atoms with Gasteiger partial charge in [0.15, 0.2) is 11.6 Å². The molecule has 6 heteroatoms. The molecule has 0 bridgehead atoms. The Labute approximate surface area is 105 Å². The summed E-state index contributed by atoms with van der Waals surface area (Å²) in [5.74, 6) is -0.701. The summed E-state index contributed by atoms with van der Waals surface area (Å²) in [6, 6.07) is 2.66. The van der Waals surface area contributed by atoms with E-state index in [2.05, 4.69) is 10.1 Å². The number of hydrogen-bond donors (Lipinski definition) is 2. The molecule has 0 aliphatic rings. The summed E-state index contributed by atoms with van der Waals surface area (Å²) in [6.07, 6.45) is 0.206. The first-order chi connectivity index (χ1) is 8.58. The number of hydrogen-bond acceptors (Lipinski definition) is 5. The van der Waals surface area contributed by atoms with Crippen molar-refractivity contribution in [1.29, 1.82) is 0 Å². The number of nitrogen functional groups attached to an aromatic ring is 1. The minimum atomic E-state index is -0.507. The van der Waals surface area contributed by atoms with Gasteiger partial charge in [-0.05, 0) is 6.92 Å². The Bertz CT molecular complexity index is 424. The zero-order valence-electron chi connectivity index (χ0n) is 10.5. The van der Waals surface area contributed by atoms with E-state index in [0.717, 1.165) is 0 Å². The Kier molecular flexibility index (Phi) is 5.23. The van der Waals surface area contributed by atoms with E-state index in [9.17, 15) is 9.18 Å². The fraction of sp³-hybridized carbons (Fsp3) is 0.417. The summed E-state index contributed by atoms with van der Waals surface area (Å²) in [4.78, 5) is 10.9. The summed E-state index contributed by atoms with van der Waals surface area (Å²) >= 11 is 0. The maximum Gasteiger partial charge on any atom is 0.307 e. The maximum absolute atomic E-state index is 13.4. The quantitative estimate of drug-likeness (QED) is 0.599. The molecule has 18 heavy (non-hydrogen) atoms. The monoisotopic (exact) mass is 256 g/mol. The third kappa shape index (κ3) is 3.80. The van der Waals surface area contributed by atoms with Crippen molar-refractivity contribution >= 4 is 17.3 Å². The van der Waals surface area contributed by atoms with E-state index in [-0.39, 0.29) is 23.8 Å². The largest absolute Gasteiger partial charge is 0.491 e. The minimum Gasteiger partial charge on any atom is -0.491 e. The third-order valence-electron chi connectivity index (χ3n) is 2.28. The van der Waals surface area contributed by atoms with Crippen molar-refractivity contribution in [3.63, 3.8) is 0 Å².